The Labute approximate surface area is 227 Å². The predicted molar refractivity (Wildman–Crippen MR) is 134 cm³/mol. The first-order valence-corrected chi connectivity index (χ1v) is 13.0. The lowest BCUT2D eigenvalue weighted by atomic mass is 9.78. The molecule has 0 spiro atoms. The van der Waals surface area contributed by atoms with Crippen molar-refractivity contribution in [2.24, 2.45) is 5.92 Å². The summed E-state index contributed by atoms with van der Waals surface area (Å²) in [4.78, 5) is 26.6. The lowest BCUT2D eigenvalue weighted by Crippen LogP contribution is -3.00. The summed E-state index contributed by atoms with van der Waals surface area (Å²) in [6.07, 6.45) is 3.32. The predicted octanol–water partition coefficient (Wildman–Crippen LogP) is 1.07. The van der Waals surface area contributed by atoms with Crippen molar-refractivity contribution in [3.8, 4) is 0 Å². The molecule has 3 aliphatic heterocycles. The second kappa shape index (κ2) is 10.4. The smallest absolute Gasteiger partial charge is 0.318 e. The van der Waals surface area contributed by atoms with E-state index >= 15 is 0 Å². The SMILES string of the molecule is CCc1cc(NC(=O)C[N+]23CCC(CC2)C(OC(=O)C2c4ccccc4Cc4ccccc42)C3)no1.[Br-]. The van der Waals surface area contributed by atoms with E-state index < -0.39 is 5.92 Å². The van der Waals surface area contributed by atoms with Gasteiger partial charge in [-0.15, -0.1) is 0 Å². The number of amides is 1. The summed E-state index contributed by atoms with van der Waals surface area (Å²) in [7, 11) is 0. The third-order valence-electron chi connectivity index (χ3n) is 8.31. The number of aromatic nitrogens is 1. The number of rotatable bonds is 6. The highest BCUT2D eigenvalue weighted by molar-refractivity contribution is 5.90. The maximum absolute atomic E-state index is 13.7. The molecule has 3 aromatic rings. The number of nitrogens with one attached hydrogen (secondary N) is 1. The largest absolute Gasteiger partial charge is 1.00 e. The summed E-state index contributed by atoms with van der Waals surface area (Å²) >= 11 is 0. The van der Waals surface area contributed by atoms with Crippen LogP contribution in [0.1, 0.15) is 53.7 Å². The normalized spacial score (nSPS) is 23.9. The van der Waals surface area contributed by atoms with E-state index in [4.69, 9.17) is 9.26 Å². The Balaban J connectivity index is 0.00000280. The molecule has 1 N–H and O–H groups in total. The molecule has 8 heteroatoms. The Morgan fingerprint density at radius 1 is 1.05 bits per heavy atom. The molecule has 3 saturated heterocycles. The zero-order valence-electron chi connectivity index (χ0n) is 21.0. The zero-order valence-corrected chi connectivity index (χ0v) is 22.6. The van der Waals surface area contributed by atoms with Gasteiger partial charge in [-0.2, -0.15) is 0 Å². The van der Waals surface area contributed by atoms with Crippen LogP contribution in [-0.4, -0.2) is 53.8 Å². The maximum Gasteiger partial charge on any atom is 0.318 e. The van der Waals surface area contributed by atoms with Gasteiger partial charge in [0.1, 0.15) is 18.2 Å². The monoisotopic (exact) mass is 565 g/mol. The summed E-state index contributed by atoms with van der Waals surface area (Å²) in [6.45, 7) is 4.87. The number of esters is 1. The number of carbonyl (C=O) groups excluding carboxylic acids is 2. The number of ether oxygens (including phenoxy) is 1. The van der Waals surface area contributed by atoms with E-state index in [0.29, 0.717) is 29.3 Å². The molecular weight excluding hydrogens is 534 g/mol. The number of nitrogens with zero attached hydrogens (tertiary/aromatic N) is 2. The van der Waals surface area contributed by atoms with Crippen LogP contribution in [0.2, 0.25) is 0 Å². The van der Waals surface area contributed by atoms with Crippen LogP contribution in [0, 0.1) is 5.92 Å². The number of aryl methyl sites for hydroxylation is 1. The van der Waals surface area contributed by atoms with Gasteiger partial charge in [-0.1, -0.05) is 60.6 Å². The molecular formula is C29H32BrN3O4. The molecule has 1 unspecified atom stereocenters. The minimum absolute atomic E-state index is 0. The van der Waals surface area contributed by atoms with Gasteiger partial charge in [-0.25, -0.2) is 0 Å². The molecule has 3 fully saturated rings. The first-order chi connectivity index (χ1) is 17.5. The van der Waals surface area contributed by atoms with Crippen LogP contribution in [0.25, 0.3) is 0 Å². The molecule has 194 valence electrons. The number of quaternary nitrogens is 1. The van der Waals surface area contributed by atoms with Crippen molar-refractivity contribution in [3.63, 3.8) is 0 Å². The lowest BCUT2D eigenvalue weighted by molar-refractivity contribution is -0.938. The number of piperidine rings is 3. The summed E-state index contributed by atoms with van der Waals surface area (Å²) in [5.41, 5.74) is 4.47. The number of anilines is 1. The van der Waals surface area contributed by atoms with Crippen LogP contribution in [-0.2, 0) is 27.2 Å². The Kier molecular flexibility index (Phi) is 7.23. The van der Waals surface area contributed by atoms with Crippen LogP contribution >= 0.6 is 0 Å². The van der Waals surface area contributed by atoms with E-state index in [0.717, 1.165) is 55.7 Å². The van der Waals surface area contributed by atoms with Crippen molar-refractivity contribution >= 4 is 17.7 Å². The van der Waals surface area contributed by atoms with Crippen LogP contribution in [0.5, 0.6) is 0 Å². The number of halogens is 1. The minimum Gasteiger partial charge on any atom is -1.00 e. The fourth-order valence-corrected chi connectivity index (χ4v) is 6.40. The minimum atomic E-state index is -0.404. The van der Waals surface area contributed by atoms with Gasteiger partial charge in [-0.05, 0) is 28.7 Å². The van der Waals surface area contributed by atoms with Crippen molar-refractivity contribution in [2.75, 3.05) is 31.5 Å². The number of hydrogen-bond donors (Lipinski definition) is 1. The second-order valence-electron chi connectivity index (χ2n) is 10.5. The average molecular weight is 566 g/mol. The molecule has 0 radical (unpaired) electrons. The molecule has 4 aliphatic rings. The van der Waals surface area contributed by atoms with Crippen LogP contribution in [0.15, 0.2) is 59.1 Å². The van der Waals surface area contributed by atoms with E-state index in [1.165, 1.54) is 11.1 Å². The summed E-state index contributed by atoms with van der Waals surface area (Å²) < 4.78 is 12.2. The molecule has 1 aromatic heterocycles. The van der Waals surface area contributed by atoms with Crippen molar-refractivity contribution in [3.05, 3.63) is 82.6 Å². The quantitative estimate of drug-likeness (QED) is 0.357. The van der Waals surface area contributed by atoms with E-state index in [-0.39, 0.29) is 35.0 Å². The van der Waals surface area contributed by atoms with Gasteiger partial charge < -0.3 is 36.0 Å². The molecule has 0 saturated carbocycles. The average Bonchev–Trinajstić information content (AvgIpc) is 3.34. The summed E-state index contributed by atoms with van der Waals surface area (Å²) in [5, 5.41) is 6.82. The Hall–Kier alpha value is -2.97. The molecule has 1 atom stereocenters. The van der Waals surface area contributed by atoms with Crippen molar-refractivity contribution in [2.45, 2.75) is 44.6 Å². The van der Waals surface area contributed by atoms with Gasteiger partial charge in [0, 0.05) is 31.2 Å². The zero-order chi connectivity index (χ0) is 24.7. The lowest BCUT2D eigenvalue weighted by Gasteiger charge is -2.51. The number of benzene rings is 2. The topological polar surface area (TPSA) is 81.4 Å². The van der Waals surface area contributed by atoms with Gasteiger partial charge in [-0.3, -0.25) is 9.59 Å². The van der Waals surface area contributed by atoms with E-state index in [1.807, 2.05) is 31.2 Å². The van der Waals surface area contributed by atoms with E-state index in [1.54, 1.807) is 6.07 Å². The van der Waals surface area contributed by atoms with Gasteiger partial charge in [0.05, 0.1) is 13.1 Å². The fraction of sp³-hybridized carbons (Fsp3) is 0.414. The Bertz CT molecular complexity index is 1250. The number of carbonyl (C=O) groups is 2. The molecule has 7 rings (SSSR count). The Morgan fingerprint density at radius 3 is 2.32 bits per heavy atom. The number of fused-ring (bicyclic) bond motifs is 5. The molecule has 1 aliphatic carbocycles. The molecule has 2 aromatic carbocycles. The fourth-order valence-electron chi connectivity index (χ4n) is 6.40. The van der Waals surface area contributed by atoms with Gasteiger partial charge in [0.25, 0.3) is 5.91 Å². The van der Waals surface area contributed by atoms with Crippen molar-refractivity contribution in [1.29, 1.82) is 0 Å². The van der Waals surface area contributed by atoms with Crippen LogP contribution in [0.3, 0.4) is 0 Å². The first kappa shape index (κ1) is 25.7. The number of hydrogen-bond acceptors (Lipinski definition) is 5. The van der Waals surface area contributed by atoms with Gasteiger partial charge in [0.2, 0.25) is 0 Å². The first-order valence-electron chi connectivity index (χ1n) is 13.0. The highest BCUT2D eigenvalue weighted by Gasteiger charge is 2.49. The van der Waals surface area contributed by atoms with Crippen molar-refractivity contribution < 1.29 is 40.3 Å². The third-order valence-corrected chi connectivity index (χ3v) is 8.31. The molecule has 4 heterocycles. The van der Waals surface area contributed by atoms with Crippen LogP contribution in [0.4, 0.5) is 5.82 Å². The Morgan fingerprint density at radius 2 is 1.70 bits per heavy atom. The molecule has 7 nitrogen and oxygen atoms in total. The highest BCUT2D eigenvalue weighted by Crippen LogP contribution is 2.40. The van der Waals surface area contributed by atoms with Gasteiger partial charge >= 0.3 is 5.97 Å². The molecule has 2 bridgehead atoms. The van der Waals surface area contributed by atoms with Crippen LogP contribution < -0.4 is 22.3 Å². The van der Waals surface area contributed by atoms with Gasteiger partial charge in [0.15, 0.2) is 18.5 Å². The molecule has 1 amide bonds. The highest BCUT2D eigenvalue weighted by atomic mass is 79.9. The standard InChI is InChI=1S/C29H31N3O4.BrH/c1-2-22-16-26(31-36-22)30-27(33)18-32-13-11-19(12-14-32)25(17-32)35-29(34)28-23-9-5-3-7-20(23)15-21-8-4-6-10-24(21)28;/h3-10,16,19,25,28H,2,11-15,17-18H2,1H3;1H. The molecule has 37 heavy (non-hydrogen) atoms. The second-order valence-corrected chi connectivity index (χ2v) is 10.5. The summed E-state index contributed by atoms with van der Waals surface area (Å²) in [6, 6.07) is 18.2. The third kappa shape index (κ3) is 4.97. The van der Waals surface area contributed by atoms with E-state index in [9.17, 15) is 9.59 Å². The maximum atomic E-state index is 13.7. The van der Waals surface area contributed by atoms with E-state index in [2.05, 4.69) is 34.7 Å². The summed E-state index contributed by atoms with van der Waals surface area (Å²) in [5.74, 6) is 0.901. The van der Waals surface area contributed by atoms with Crippen molar-refractivity contribution in [1.82, 2.24) is 5.16 Å².